The number of likely N-dealkylation sites (tertiary alicyclic amines) is 1. The van der Waals surface area contributed by atoms with Crippen molar-refractivity contribution < 1.29 is 5.11 Å². The molecule has 1 N–H and O–H groups in total. The standard InChI is InChI=1S/C11H21NOS/c1-10(9-14)8-12-6-2-4-11(12)5-3-7-13/h11,13-14H,1-9H2. The molecule has 1 atom stereocenters. The molecule has 1 saturated heterocycles. The molecule has 0 saturated carbocycles. The van der Waals surface area contributed by atoms with Crippen LogP contribution in [0.1, 0.15) is 25.7 Å². The smallest absolute Gasteiger partial charge is 0.0431 e. The van der Waals surface area contributed by atoms with Gasteiger partial charge in [0.05, 0.1) is 0 Å². The van der Waals surface area contributed by atoms with E-state index in [9.17, 15) is 0 Å². The van der Waals surface area contributed by atoms with Crippen LogP contribution < -0.4 is 0 Å². The minimum absolute atomic E-state index is 0.317. The molecular formula is C11H21NOS. The monoisotopic (exact) mass is 215 g/mol. The molecule has 0 radical (unpaired) electrons. The first kappa shape index (κ1) is 12.1. The molecule has 1 rings (SSSR count). The lowest BCUT2D eigenvalue weighted by molar-refractivity contribution is 0.228. The van der Waals surface area contributed by atoms with Crippen LogP contribution in [0.2, 0.25) is 0 Å². The highest BCUT2D eigenvalue weighted by Crippen LogP contribution is 2.22. The van der Waals surface area contributed by atoms with Crippen molar-refractivity contribution >= 4 is 12.6 Å². The second-order valence-corrected chi connectivity index (χ2v) is 4.36. The van der Waals surface area contributed by atoms with Crippen LogP contribution in [-0.2, 0) is 0 Å². The summed E-state index contributed by atoms with van der Waals surface area (Å²) in [6.07, 6.45) is 4.61. The van der Waals surface area contributed by atoms with Crippen LogP contribution in [0.25, 0.3) is 0 Å². The number of hydrogen-bond donors (Lipinski definition) is 2. The van der Waals surface area contributed by atoms with Crippen molar-refractivity contribution in [3.63, 3.8) is 0 Å². The van der Waals surface area contributed by atoms with Crippen LogP contribution in [0.4, 0.5) is 0 Å². The summed E-state index contributed by atoms with van der Waals surface area (Å²) in [5, 5.41) is 8.79. The van der Waals surface area contributed by atoms with E-state index in [0.29, 0.717) is 12.6 Å². The van der Waals surface area contributed by atoms with Crippen molar-refractivity contribution in [2.24, 2.45) is 0 Å². The molecule has 0 aromatic heterocycles. The topological polar surface area (TPSA) is 23.5 Å². The molecule has 1 unspecified atom stereocenters. The van der Waals surface area contributed by atoms with Gasteiger partial charge in [-0.2, -0.15) is 12.6 Å². The molecule has 1 aliphatic heterocycles. The zero-order valence-electron chi connectivity index (χ0n) is 8.78. The summed E-state index contributed by atoms with van der Waals surface area (Å²) in [5.74, 6) is 0.781. The summed E-state index contributed by atoms with van der Waals surface area (Å²) in [6, 6.07) is 0.666. The summed E-state index contributed by atoms with van der Waals surface area (Å²) in [4.78, 5) is 2.48. The Labute approximate surface area is 92.4 Å². The third-order valence-electron chi connectivity index (χ3n) is 2.84. The van der Waals surface area contributed by atoms with E-state index in [4.69, 9.17) is 5.11 Å². The zero-order chi connectivity index (χ0) is 10.4. The lowest BCUT2D eigenvalue weighted by Crippen LogP contribution is -2.31. The van der Waals surface area contributed by atoms with Crippen LogP contribution in [0.15, 0.2) is 12.2 Å². The average molecular weight is 215 g/mol. The van der Waals surface area contributed by atoms with Crippen LogP contribution in [-0.4, -0.2) is 41.5 Å². The molecule has 1 aliphatic rings. The molecule has 0 amide bonds. The van der Waals surface area contributed by atoms with Crippen molar-refractivity contribution in [1.82, 2.24) is 4.90 Å². The van der Waals surface area contributed by atoms with Crippen molar-refractivity contribution in [2.75, 3.05) is 25.4 Å². The molecular weight excluding hydrogens is 194 g/mol. The summed E-state index contributed by atoms with van der Waals surface area (Å²) >= 11 is 4.22. The number of aliphatic hydroxyl groups is 1. The first-order valence-corrected chi connectivity index (χ1v) is 6.03. The van der Waals surface area contributed by atoms with Crippen molar-refractivity contribution in [3.8, 4) is 0 Å². The number of hydrogen-bond acceptors (Lipinski definition) is 3. The van der Waals surface area contributed by atoms with Gasteiger partial charge < -0.3 is 5.11 Å². The molecule has 3 heteroatoms. The molecule has 0 aromatic carbocycles. The maximum absolute atomic E-state index is 8.79. The Morgan fingerprint density at radius 3 is 3.00 bits per heavy atom. The molecule has 14 heavy (non-hydrogen) atoms. The van der Waals surface area contributed by atoms with Crippen LogP contribution in [0, 0.1) is 0 Å². The van der Waals surface area contributed by atoms with Crippen molar-refractivity contribution in [2.45, 2.75) is 31.7 Å². The normalized spacial score (nSPS) is 22.9. The Morgan fingerprint density at radius 1 is 1.57 bits per heavy atom. The molecule has 1 heterocycles. The Bertz CT molecular complexity index is 184. The minimum Gasteiger partial charge on any atom is -0.396 e. The summed E-state index contributed by atoms with van der Waals surface area (Å²) in [7, 11) is 0. The SMILES string of the molecule is C=C(CS)CN1CCCC1CCCO. The Kier molecular flexibility index (Phi) is 5.60. The van der Waals surface area contributed by atoms with E-state index in [2.05, 4.69) is 24.1 Å². The molecule has 0 aromatic rings. The lowest BCUT2D eigenvalue weighted by atomic mass is 10.1. The molecule has 82 valence electrons. The first-order valence-electron chi connectivity index (χ1n) is 5.40. The number of nitrogens with zero attached hydrogens (tertiary/aromatic N) is 1. The van der Waals surface area contributed by atoms with Gasteiger partial charge in [0.2, 0.25) is 0 Å². The van der Waals surface area contributed by atoms with E-state index in [1.807, 2.05) is 0 Å². The number of aliphatic hydroxyl groups excluding tert-OH is 1. The summed E-state index contributed by atoms with van der Waals surface area (Å²) < 4.78 is 0. The third-order valence-corrected chi connectivity index (χ3v) is 3.29. The predicted octanol–water partition coefficient (Wildman–Crippen LogP) is 1.71. The molecule has 0 bridgehead atoms. The fraction of sp³-hybridized carbons (Fsp3) is 0.818. The van der Waals surface area contributed by atoms with E-state index in [-0.39, 0.29) is 0 Å². The van der Waals surface area contributed by atoms with Gasteiger partial charge in [-0.15, -0.1) is 0 Å². The quantitative estimate of drug-likeness (QED) is 0.520. The Hall–Kier alpha value is 0.01000. The van der Waals surface area contributed by atoms with Gasteiger partial charge in [0.15, 0.2) is 0 Å². The largest absolute Gasteiger partial charge is 0.396 e. The fourth-order valence-corrected chi connectivity index (χ4v) is 2.19. The predicted molar refractivity (Wildman–Crippen MR) is 63.9 cm³/mol. The maximum atomic E-state index is 8.79. The highest BCUT2D eigenvalue weighted by molar-refractivity contribution is 7.80. The zero-order valence-corrected chi connectivity index (χ0v) is 9.68. The van der Waals surface area contributed by atoms with Gasteiger partial charge in [-0.05, 0) is 32.2 Å². The number of rotatable bonds is 6. The van der Waals surface area contributed by atoms with Gasteiger partial charge in [-0.1, -0.05) is 12.2 Å². The molecule has 2 nitrogen and oxygen atoms in total. The third kappa shape index (κ3) is 3.64. The van der Waals surface area contributed by atoms with Crippen LogP contribution >= 0.6 is 12.6 Å². The van der Waals surface area contributed by atoms with Crippen LogP contribution in [0.5, 0.6) is 0 Å². The fourth-order valence-electron chi connectivity index (χ4n) is 2.09. The highest BCUT2D eigenvalue weighted by atomic mass is 32.1. The van der Waals surface area contributed by atoms with Crippen molar-refractivity contribution in [1.29, 1.82) is 0 Å². The number of thiol groups is 1. The van der Waals surface area contributed by atoms with Gasteiger partial charge in [0.1, 0.15) is 0 Å². The van der Waals surface area contributed by atoms with E-state index in [0.717, 1.165) is 25.1 Å². The molecule has 0 spiro atoms. The van der Waals surface area contributed by atoms with Gasteiger partial charge in [-0.3, -0.25) is 4.90 Å². The summed E-state index contributed by atoms with van der Waals surface area (Å²) in [5.41, 5.74) is 1.20. The second-order valence-electron chi connectivity index (χ2n) is 4.04. The van der Waals surface area contributed by atoms with Crippen LogP contribution in [0.3, 0.4) is 0 Å². The first-order chi connectivity index (χ1) is 6.77. The van der Waals surface area contributed by atoms with E-state index in [1.165, 1.54) is 25.0 Å². The van der Waals surface area contributed by atoms with Gasteiger partial charge in [0, 0.05) is 24.9 Å². The maximum Gasteiger partial charge on any atom is 0.0431 e. The van der Waals surface area contributed by atoms with Gasteiger partial charge in [0.25, 0.3) is 0 Å². The second kappa shape index (κ2) is 6.49. The summed E-state index contributed by atoms with van der Waals surface area (Å²) in [6.45, 7) is 6.47. The highest BCUT2D eigenvalue weighted by Gasteiger charge is 2.23. The van der Waals surface area contributed by atoms with Gasteiger partial charge in [-0.25, -0.2) is 0 Å². The van der Waals surface area contributed by atoms with Gasteiger partial charge >= 0.3 is 0 Å². The van der Waals surface area contributed by atoms with Crippen molar-refractivity contribution in [3.05, 3.63) is 12.2 Å². The van der Waals surface area contributed by atoms with E-state index in [1.54, 1.807) is 0 Å². The minimum atomic E-state index is 0.317. The van der Waals surface area contributed by atoms with E-state index >= 15 is 0 Å². The van der Waals surface area contributed by atoms with E-state index < -0.39 is 0 Å². The Morgan fingerprint density at radius 2 is 2.36 bits per heavy atom. The molecule has 0 aliphatic carbocycles. The lowest BCUT2D eigenvalue weighted by Gasteiger charge is -2.24. The molecule has 1 fully saturated rings. The Balaban J connectivity index is 2.31. The average Bonchev–Trinajstić information content (AvgIpc) is 2.62.